The molecule has 0 aliphatic carbocycles. The highest BCUT2D eigenvalue weighted by atomic mass is 32.2. The van der Waals surface area contributed by atoms with E-state index in [4.69, 9.17) is 39.1 Å². The fraction of sp³-hybridized carbons (Fsp3) is 0.219. The number of hydrogen-bond acceptors (Lipinski definition) is 12. The zero-order valence-electron chi connectivity index (χ0n) is 43.5. The van der Waals surface area contributed by atoms with Crippen molar-refractivity contribution in [3.05, 3.63) is 194 Å². The first-order valence-corrected chi connectivity index (χ1v) is 24.5. The van der Waals surface area contributed by atoms with Crippen LogP contribution in [0.15, 0.2) is 199 Å². The lowest BCUT2D eigenvalue weighted by Gasteiger charge is -2.16. The van der Waals surface area contributed by atoms with E-state index in [0.717, 1.165) is 50.6 Å². The number of benzene rings is 9. The Kier molecular flexibility index (Phi) is 30.4. The Bertz CT molecular complexity index is 2890. The number of ether oxygens (including phenoxy) is 1. The molecule has 0 unspecified atom stereocenters. The van der Waals surface area contributed by atoms with Crippen LogP contribution >= 0.6 is 11.8 Å². The second-order valence-electron chi connectivity index (χ2n) is 17.3. The normalized spacial score (nSPS) is 9.39. The molecule has 0 aliphatic heterocycles. The minimum atomic E-state index is 0. The molecule has 0 heterocycles. The maximum atomic E-state index is 5.91. The van der Waals surface area contributed by atoms with E-state index < -0.39 is 0 Å². The van der Waals surface area contributed by atoms with Gasteiger partial charge in [0.2, 0.25) is 0 Å². The summed E-state index contributed by atoms with van der Waals surface area (Å²) >= 11 is 1.72. The van der Waals surface area contributed by atoms with Gasteiger partial charge in [-0.25, -0.2) is 0 Å². The van der Waals surface area contributed by atoms with Crippen molar-refractivity contribution in [2.45, 2.75) is 34.6 Å². The third kappa shape index (κ3) is 21.2. The lowest BCUT2D eigenvalue weighted by Crippen LogP contribution is -2.09. The Morgan fingerprint density at radius 2 is 0.658 bits per heavy atom. The molecule has 408 valence electrons. The van der Waals surface area contributed by atoms with Crippen LogP contribution in [0.2, 0.25) is 0 Å². The third-order valence-corrected chi connectivity index (χ3v) is 11.8. The third-order valence-electron chi connectivity index (χ3n) is 11.1. The van der Waals surface area contributed by atoms with Crippen molar-refractivity contribution in [3.63, 3.8) is 0 Å². The monoisotopic (exact) mass is 1050 g/mol. The van der Waals surface area contributed by atoms with Crippen molar-refractivity contribution in [1.29, 1.82) is 0 Å². The van der Waals surface area contributed by atoms with Gasteiger partial charge in [-0.3, -0.25) is 0 Å². The maximum Gasteiger partial charge on any atom is 0.119 e. The van der Waals surface area contributed by atoms with Crippen molar-refractivity contribution in [2.24, 2.45) is 0 Å². The molecule has 0 fully saturated rings. The predicted molar refractivity (Wildman–Crippen MR) is 348 cm³/mol. The molecule has 0 aliphatic rings. The van der Waals surface area contributed by atoms with E-state index in [2.05, 4.69) is 75.4 Å². The van der Waals surface area contributed by atoms with Crippen molar-refractivity contribution in [3.8, 4) is 16.9 Å². The zero-order chi connectivity index (χ0) is 52.7. The summed E-state index contributed by atoms with van der Waals surface area (Å²) in [5.41, 5.74) is 46.0. The lowest BCUT2D eigenvalue weighted by atomic mass is 10.1. The Labute approximate surface area is 462 Å². The van der Waals surface area contributed by atoms with Gasteiger partial charge in [0.1, 0.15) is 5.75 Å². The molecule has 76 heavy (non-hydrogen) atoms. The maximum absolute atomic E-state index is 5.91. The molecule has 0 saturated carbocycles. The molecule has 9 rings (SSSR count). The average molecular weight is 1050 g/mol. The topological polar surface area (TPSA) is 178 Å². The zero-order valence-corrected chi connectivity index (χ0v) is 44.4. The van der Waals surface area contributed by atoms with Gasteiger partial charge in [0.15, 0.2) is 0 Å². The first-order valence-electron chi connectivity index (χ1n) is 23.3. The molecule has 12 heteroatoms. The van der Waals surface area contributed by atoms with Gasteiger partial charge in [0.05, 0.1) is 7.11 Å². The highest BCUT2D eigenvalue weighted by molar-refractivity contribution is 7.98. The summed E-state index contributed by atoms with van der Waals surface area (Å²) in [6.45, 7) is 0. The number of nitrogen functional groups attached to an aromatic ring is 6. The van der Waals surface area contributed by atoms with Gasteiger partial charge in [-0.15, -0.1) is 11.8 Å². The summed E-state index contributed by atoms with van der Waals surface area (Å²) in [6, 6.07) is 63.7. The van der Waals surface area contributed by atoms with Gasteiger partial charge < -0.3 is 58.7 Å². The lowest BCUT2D eigenvalue weighted by molar-refractivity contribution is 0.415. The SMILES string of the molecule is C.C.C.C.CN(C)c1ccc(-c2ccc(N)cc2)cc1.CN(C)c1ccc(N)c2ccccc12.CN(C)c1ccc(N)cc1.CN(C)c1cccc2c(N)cccc12.COc1ccc(N)cc1.CSc1ccc(N)cc1. The largest absolute Gasteiger partial charge is 0.497 e. The Hall–Kier alpha value is -8.35. The van der Waals surface area contributed by atoms with Crippen LogP contribution in [0.25, 0.3) is 32.7 Å². The summed E-state index contributed by atoms with van der Waals surface area (Å²) in [4.78, 5) is 9.58. The molecular weight excluding hydrogens is 957 g/mol. The van der Waals surface area contributed by atoms with E-state index in [-0.39, 0.29) is 29.7 Å². The van der Waals surface area contributed by atoms with Crippen LogP contribution in [0.5, 0.6) is 5.75 Å². The van der Waals surface area contributed by atoms with Crippen LogP contribution < -0.4 is 58.7 Å². The van der Waals surface area contributed by atoms with Crippen LogP contribution in [0.3, 0.4) is 0 Å². The number of fused-ring (bicyclic) bond motifs is 2. The minimum absolute atomic E-state index is 0. The Balaban J connectivity index is 0.000000891. The number of nitrogens with two attached hydrogens (primary N) is 6. The van der Waals surface area contributed by atoms with E-state index in [9.17, 15) is 0 Å². The molecule has 0 bridgehead atoms. The minimum Gasteiger partial charge on any atom is -0.497 e. The van der Waals surface area contributed by atoms with Crippen LogP contribution in [0.4, 0.5) is 56.9 Å². The van der Waals surface area contributed by atoms with Crippen molar-refractivity contribution in [1.82, 2.24) is 0 Å². The summed E-state index contributed by atoms with van der Waals surface area (Å²) in [6.07, 6.45) is 2.05. The van der Waals surface area contributed by atoms with Crippen LogP contribution in [0.1, 0.15) is 29.7 Å². The highest BCUT2D eigenvalue weighted by Gasteiger charge is 2.05. The molecule has 0 atom stereocenters. The van der Waals surface area contributed by atoms with Crippen molar-refractivity contribution in [2.75, 3.05) is 124 Å². The molecule has 9 aromatic carbocycles. The number of anilines is 10. The van der Waals surface area contributed by atoms with Crippen molar-refractivity contribution >= 4 is 90.2 Å². The molecule has 12 N–H and O–H groups in total. The average Bonchev–Trinajstić information content (AvgIpc) is 3.38. The van der Waals surface area contributed by atoms with E-state index >= 15 is 0 Å². The molecule has 11 nitrogen and oxygen atoms in total. The quantitative estimate of drug-likeness (QED) is 0.0658. The first kappa shape index (κ1) is 67.6. The van der Waals surface area contributed by atoms with Gasteiger partial charge in [-0.05, 0) is 139 Å². The van der Waals surface area contributed by atoms with Crippen LogP contribution in [-0.4, -0.2) is 69.7 Å². The second kappa shape index (κ2) is 34.2. The van der Waals surface area contributed by atoms with E-state index in [0.29, 0.717) is 0 Å². The van der Waals surface area contributed by atoms with Crippen LogP contribution in [-0.2, 0) is 0 Å². The van der Waals surface area contributed by atoms with E-state index in [1.165, 1.54) is 49.5 Å². The van der Waals surface area contributed by atoms with Gasteiger partial charge >= 0.3 is 0 Å². The predicted octanol–water partition coefficient (Wildman–Crippen LogP) is 15.1. The van der Waals surface area contributed by atoms with Gasteiger partial charge in [0, 0.05) is 140 Å². The number of thioether (sulfide) groups is 1. The van der Waals surface area contributed by atoms with Gasteiger partial charge in [0.25, 0.3) is 0 Å². The summed E-state index contributed by atoms with van der Waals surface area (Å²) in [5, 5.41) is 4.66. The smallest absolute Gasteiger partial charge is 0.119 e. The molecular formula is C64H90N10OS. The molecule has 0 aromatic heterocycles. The highest BCUT2D eigenvalue weighted by Crippen LogP contribution is 2.30. The Morgan fingerprint density at radius 3 is 1.08 bits per heavy atom. The fourth-order valence-corrected chi connectivity index (χ4v) is 7.42. The molecule has 0 radical (unpaired) electrons. The molecule has 0 saturated heterocycles. The van der Waals surface area contributed by atoms with Crippen molar-refractivity contribution < 1.29 is 4.74 Å². The summed E-state index contributed by atoms with van der Waals surface area (Å²) in [5.74, 6) is 0.837. The standard InChI is InChI=1S/C14H16N2.2C12H14N2.C8H12N2.C7H9NO.C7H9NS.4CH4/c1-16(2)14-9-5-12(6-10-14)11-3-7-13(15)8-4-11;1-14(2)12-8-4-5-9-10(12)6-3-7-11(9)13;1-14(2)12-8-7-11(13)9-5-3-4-6-10(9)12;1-10(2)8-5-3-7(9)4-6-8;2*1-9-7-4-2-6(8)3-5-7;;;;/h3-10H,15H2,1-2H3;2*3-8H,13H2,1-2H3;3-6H,9H2,1-2H3;2*2-5H,8H2,1H3;4*1H4. The fourth-order valence-electron chi connectivity index (χ4n) is 7.01. The molecule has 0 spiro atoms. The Morgan fingerprint density at radius 1 is 0.329 bits per heavy atom. The van der Waals surface area contributed by atoms with Gasteiger partial charge in [-0.2, -0.15) is 0 Å². The molecule has 0 amide bonds. The number of hydrogen-bond donors (Lipinski definition) is 6. The number of methoxy groups -OCH3 is 1. The van der Waals surface area contributed by atoms with Crippen LogP contribution in [0, 0.1) is 0 Å². The number of rotatable bonds is 7. The van der Waals surface area contributed by atoms with Gasteiger partial charge in [-0.1, -0.05) is 103 Å². The first-order chi connectivity index (χ1) is 34.4. The molecule has 9 aromatic rings. The second-order valence-corrected chi connectivity index (χ2v) is 18.2. The van der Waals surface area contributed by atoms with E-state index in [1.54, 1.807) is 31.0 Å². The summed E-state index contributed by atoms with van der Waals surface area (Å²) in [7, 11) is 17.9. The summed E-state index contributed by atoms with van der Waals surface area (Å²) < 4.78 is 4.91. The van der Waals surface area contributed by atoms with E-state index in [1.807, 2.05) is 189 Å². The number of nitrogens with zero attached hydrogens (tertiary/aromatic N) is 4.